The molecular weight excluding hydrogens is 285 g/mol. The van der Waals surface area contributed by atoms with E-state index in [0.29, 0.717) is 17.2 Å². The molecule has 0 aliphatic rings. The number of ether oxygens (including phenoxy) is 1. The van der Waals surface area contributed by atoms with Crippen molar-refractivity contribution in [2.45, 2.75) is 26.4 Å². The van der Waals surface area contributed by atoms with E-state index in [-0.39, 0.29) is 17.2 Å². The summed E-state index contributed by atoms with van der Waals surface area (Å²) in [5.74, 6) is 0.766. The highest BCUT2D eigenvalue weighted by Crippen LogP contribution is 2.20. The molecule has 0 unspecified atom stereocenters. The van der Waals surface area contributed by atoms with E-state index in [1.54, 1.807) is 18.2 Å². The molecule has 2 aromatic rings. The number of halogens is 1. The summed E-state index contributed by atoms with van der Waals surface area (Å²) in [6, 6.07) is 12.8. The van der Waals surface area contributed by atoms with Gasteiger partial charge in [0, 0.05) is 11.1 Å². The minimum Gasteiger partial charge on any atom is -0.489 e. The summed E-state index contributed by atoms with van der Waals surface area (Å²) < 4.78 is 19.8. The molecule has 0 radical (unpaired) electrons. The monoisotopic (exact) mass is 303 g/mol. The number of hydrogen-bond acceptors (Lipinski definition) is 2. The van der Waals surface area contributed by atoms with Crippen molar-refractivity contribution < 1.29 is 9.13 Å². The zero-order valence-corrected chi connectivity index (χ0v) is 12.9. The van der Waals surface area contributed by atoms with E-state index < -0.39 is 5.82 Å². The molecule has 2 N–H and O–H groups in total. The third-order valence-electron chi connectivity index (χ3n) is 3.29. The van der Waals surface area contributed by atoms with Gasteiger partial charge in [-0.05, 0) is 29.7 Å². The third kappa shape index (κ3) is 3.79. The molecule has 0 fully saturated rings. The Morgan fingerprint density at radius 1 is 1.19 bits per heavy atom. The average molecular weight is 303 g/mol. The molecule has 0 bridgehead atoms. The molecule has 0 aliphatic heterocycles. The Labute approximate surface area is 129 Å². The van der Waals surface area contributed by atoms with E-state index in [1.165, 1.54) is 5.56 Å². The maximum absolute atomic E-state index is 14.1. The maximum atomic E-state index is 14.1. The normalized spacial score (nSPS) is 10.7. The van der Waals surface area contributed by atoms with Crippen molar-refractivity contribution in [2.75, 3.05) is 0 Å². The van der Waals surface area contributed by atoms with Crippen LogP contribution in [0.1, 0.15) is 36.5 Å². The van der Waals surface area contributed by atoms with Crippen molar-refractivity contribution in [1.29, 1.82) is 0 Å². The Morgan fingerprint density at radius 2 is 1.86 bits per heavy atom. The smallest absolute Gasteiger partial charge is 0.139 e. The summed E-state index contributed by atoms with van der Waals surface area (Å²) in [5, 5.41) is 0. The van der Waals surface area contributed by atoms with Gasteiger partial charge in [0.1, 0.15) is 23.2 Å². The Kier molecular flexibility index (Phi) is 4.91. The molecule has 0 atom stereocenters. The number of nitrogens with two attached hydrogens (primary N) is 1. The van der Waals surface area contributed by atoms with Crippen LogP contribution >= 0.6 is 12.2 Å². The number of rotatable bonds is 5. The molecule has 2 aromatic carbocycles. The zero-order valence-electron chi connectivity index (χ0n) is 12.1. The molecule has 0 heterocycles. The second kappa shape index (κ2) is 6.68. The van der Waals surface area contributed by atoms with Gasteiger partial charge in [0.15, 0.2) is 0 Å². The minimum absolute atomic E-state index is 0.0515. The highest BCUT2D eigenvalue weighted by atomic mass is 32.1. The summed E-state index contributed by atoms with van der Waals surface area (Å²) >= 11 is 4.82. The zero-order chi connectivity index (χ0) is 15.4. The van der Waals surface area contributed by atoms with Crippen LogP contribution in [0.4, 0.5) is 4.39 Å². The van der Waals surface area contributed by atoms with Crippen LogP contribution in [0.5, 0.6) is 5.75 Å². The summed E-state index contributed by atoms with van der Waals surface area (Å²) in [5.41, 5.74) is 7.42. The topological polar surface area (TPSA) is 35.2 Å². The summed E-state index contributed by atoms with van der Waals surface area (Å²) in [7, 11) is 0. The van der Waals surface area contributed by atoms with Crippen LogP contribution in [0, 0.1) is 5.82 Å². The van der Waals surface area contributed by atoms with Crippen molar-refractivity contribution in [3.05, 3.63) is 65.0 Å². The van der Waals surface area contributed by atoms with Gasteiger partial charge in [-0.1, -0.05) is 50.3 Å². The number of benzene rings is 2. The van der Waals surface area contributed by atoms with Crippen molar-refractivity contribution in [1.82, 2.24) is 0 Å². The van der Waals surface area contributed by atoms with Crippen molar-refractivity contribution >= 4 is 17.2 Å². The second-order valence-corrected chi connectivity index (χ2v) is 5.60. The van der Waals surface area contributed by atoms with Gasteiger partial charge >= 0.3 is 0 Å². The molecule has 0 spiro atoms. The standard InChI is InChI=1S/C17H18FNOS/c1-11(2)12-6-8-14(9-7-12)20-10-13-4-3-5-15(16(13)18)17(19)21/h3-9,11H,10H2,1-2H3,(H2,19,21). The summed E-state index contributed by atoms with van der Waals surface area (Å²) in [4.78, 5) is 0.0515. The molecule has 0 aromatic heterocycles. The van der Waals surface area contributed by atoms with E-state index in [2.05, 4.69) is 13.8 Å². The van der Waals surface area contributed by atoms with Gasteiger partial charge in [-0.25, -0.2) is 4.39 Å². The summed E-state index contributed by atoms with van der Waals surface area (Å²) in [6.07, 6.45) is 0. The molecule has 0 saturated carbocycles. The number of thiocarbonyl (C=S) groups is 1. The molecule has 0 saturated heterocycles. The predicted molar refractivity (Wildman–Crippen MR) is 87.2 cm³/mol. The molecule has 0 aliphatic carbocycles. The van der Waals surface area contributed by atoms with Gasteiger partial charge in [0.2, 0.25) is 0 Å². The second-order valence-electron chi connectivity index (χ2n) is 5.16. The quantitative estimate of drug-likeness (QED) is 0.842. The largest absolute Gasteiger partial charge is 0.489 e. The van der Waals surface area contributed by atoms with E-state index in [9.17, 15) is 4.39 Å². The fraction of sp³-hybridized carbons (Fsp3) is 0.235. The predicted octanol–water partition coefficient (Wildman–Crippen LogP) is 4.16. The van der Waals surface area contributed by atoms with Crippen LogP contribution in [0.2, 0.25) is 0 Å². The van der Waals surface area contributed by atoms with Gasteiger partial charge in [0.25, 0.3) is 0 Å². The van der Waals surface area contributed by atoms with Gasteiger partial charge in [-0.3, -0.25) is 0 Å². The molecule has 0 amide bonds. The van der Waals surface area contributed by atoms with Crippen LogP contribution in [0.25, 0.3) is 0 Å². The van der Waals surface area contributed by atoms with Gasteiger partial charge in [0.05, 0.1) is 0 Å². The Hall–Kier alpha value is -1.94. The maximum Gasteiger partial charge on any atom is 0.139 e. The van der Waals surface area contributed by atoms with E-state index >= 15 is 0 Å². The van der Waals surface area contributed by atoms with E-state index in [0.717, 1.165) is 0 Å². The van der Waals surface area contributed by atoms with Crippen LogP contribution in [-0.2, 0) is 6.61 Å². The first-order chi connectivity index (χ1) is 9.99. The van der Waals surface area contributed by atoms with Crippen molar-refractivity contribution in [2.24, 2.45) is 5.73 Å². The Morgan fingerprint density at radius 3 is 2.43 bits per heavy atom. The Balaban J connectivity index is 2.09. The average Bonchev–Trinajstić information content (AvgIpc) is 2.46. The molecular formula is C17H18FNOS. The highest BCUT2D eigenvalue weighted by Gasteiger charge is 2.10. The van der Waals surface area contributed by atoms with E-state index in [1.807, 2.05) is 24.3 Å². The van der Waals surface area contributed by atoms with Crippen LogP contribution in [-0.4, -0.2) is 4.99 Å². The van der Waals surface area contributed by atoms with Crippen LogP contribution < -0.4 is 10.5 Å². The van der Waals surface area contributed by atoms with Gasteiger partial charge < -0.3 is 10.5 Å². The molecule has 2 nitrogen and oxygen atoms in total. The van der Waals surface area contributed by atoms with Crippen LogP contribution in [0.15, 0.2) is 42.5 Å². The Bertz CT molecular complexity index is 638. The van der Waals surface area contributed by atoms with E-state index in [4.69, 9.17) is 22.7 Å². The first-order valence-corrected chi connectivity index (χ1v) is 7.20. The third-order valence-corrected chi connectivity index (χ3v) is 3.51. The molecule has 4 heteroatoms. The highest BCUT2D eigenvalue weighted by molar-refractivity contribution is 7.80. The van der Waals surface area contributed by atoms with Crippen molar-refractivity contribution in [3.63, 3.8) is 0 Å². The lowest BCUT2D eigenvalue weighted by Crippen LogP contribution is -2.13. The fourth-order valence-corrected chi connectivity index (χ4v) is 2.15. The molecule has 2 rings (SSSR count). The lowest BCUT2D eigenvalue weighted by molar-refractivity contribution is 0.299. The van der Waals surface area contributed by atoms with Gasteiger partial charge in [-0.2, -0.15) is 0 Å². The lowest BCUT2D eigenvalue weighted by Gasteiger charge is -2.11. The fourth-order valence-electron chi connectivity index (χ4n) is 1.99. The SMILES string of the molecule is CC(C)c1ccc(OCc2cccc(C(N)=S)c2F)cc1. The first kappa shape index (κ1) is 15.4. The molecule has 21 heavy (non-hydrogen) atoms. The van der Waals surface area contributed by atoms with Gasteiger partial charge in [-0.15, -0.1) is 0 Å². The first-order valence-electron chi connectivity index (χ1n) is 6.79. The summed E-state index contributed by atoms with van der Waals surface area (Å²) in [6.45, 7) is 4.40. The van der Waals surface area contributed by atoms with Crippen molar-refractivity contribution in [3.8, 4) is 5.75 Å². The van der Waals surface area contributed by atoms with Crippen LogP contribution in [0.3, 0.4) is 0 Å². The lowest BCUT2D eigenvalue weighted by atomic mass is 10.0. The molecule has 110 valence electrons. The number of hydrogen-bond donors (Lipinski definition) is 1. The minimum atomic E-state index is -0.413.